The van der Waals surface area contributed by atoms with Gasteiger partial charge in [0.2, 0.25) is 21.8 Å². The van der Waals surface area contributed by atoms with E-state index >= 15 is 0 Å². The molecule has 32 heavy (non-hydrogen) atoms. The quantitative estimate of drug-likeness (QED) is 0.617. The van der Waals surface area contributed by atoms with Gasteiger partial charge in [0.25, 0.3) is 0 Å². The van der Waals surface area contributed by atoms with Crippen LogP contribution >= 0.6 is 11.6 Å². The highest BCUT2D eigenvalue weighted by molar-refractivity contribution is 7.89. The molecule has 7 nitrogen and oxygen atoms in total. The van der Waals surface area contributed by atoms with E-state index in [9.17, 15) is 18.0 Å². The monoisotopic (exact) mass is 476 g/mol. The maximum Gasteiger partial charge on any atom is 0.244 e. The topological polar surface area (TPSA) is 92.8 Å². The molecule has 1 saturated heterocycles. The van der Waals surface area contributed by atoms with Gasteiger partial charge in [0.05, 0.1) is 25.5 Å². The molecule has 0 aromatic heterocycles. The first-order chi connectivity index (χ1) is 15.3. The second-order valence-electron chi connectivity index (χ2n) is 8.16. The number of amides is 2. The zero-order valence-corrected chi connectivity index (χ0v) is 19.3. The third-order valence-electron chi connectivity index (χ3n) is 6.20. The fourth-order valence-electron chi connectivity index (χ4n) is 4.49. The predicted octanol–water partition coefficient (Wildman–Crippen LogP) is 3.50. The SMILES string of the molecule is COc1ccc(CN2C(=O)[C@H]3CCCC[C@@H]3C2=O)cc1S(=O)(=O)NCc1ccccc1Cl. The minimum Gasteiger partial charge on any atom is -0.495 e. The van der Waals surface area contributed by atoms with Gasteiger partial charge in [-0.2, -0.15) is 0 Å². The van der Waals surface area contributed by atoms with Crippen molar-refractivity contribution in [1.82, 2.24) is 9.62 Å². The number of imide groups is 1. The summed E-state index contributed by atoms with van der Waals surface area (Å²) in [6.45, 7) is 0.0591. The Morgan fingerprint density at radius 1 is 1.06 bits per heavy atom. The van der Waals surface area contributed by atoms with Gasteiger partial charge >= 0.3 is 0 Å². The highest BCUT2D eigenvalue weighted by Crippen LogP contribution is 2.39. The lowest BCUT2D eigenvalue weighted by Crippen LogP contribution is -2.30. The molecule has 0 bridgehead atoms. The molecule has 2 aliphatic rings. The van der Waals surface area contributed by atoms with Crippen molar-refractivity contribution in [1.29, 1.82) is 0 Å². The number of benzene rings is 2. The number of fused-ring (bicyclic) bond motifs is 1. The molecule has 4 rings (SSSR count). The second kappa shape index (κ2) is 9.21. The normalized spacial score (nSPS) is 21.0. The number of nitrogens with one attached hydrogen (secondary N) is 1. The van der Waals surface area contributed by atoms with E-state index in [1.165, 1.54) is 24.1 Å². The summed E-state index contributed by atoms with van der Waals surface area (Å²) in [7, 11) is -2.55. The molecule has 2 aromatic carbocycles. The Bertz CT molecular complexity index is 1130. The van der Waals surface area contributed by atoms with Gasteiger partial charge < -0.3 is 4.74 Å². The molecule has 0 unspecified atom stereocenters. The molecule has 2 atom stereocenters. The van der Waals surface area contributed by atoms with Crippen molar-refractivity contribution in [2.45, 2.75) is 43.7 Å². The third-order valence-corrected chi connectivity index (χ3v) is 7.99. The van der Waals surface area contributed by atoms with Gasteiger partial charge in [-0.1, -0.05) is 48.7 Å². The van der Waals surface area contributed by atoms with E-state index in [2.05, 4.69) is 4.72 Å². The number of hydrogen-bond acceptors (Lipinski definition) is 5. The number of rotatable bonds is 7. The van der Waals surface area contributed by atoms with Crippen molar-refractivity contribution in [2.75, 3.05) is 7.11 Å². The highest BCUT2D eigenvalue weighted by atomic mass is 35.5. The molecule has 2 aromatic rings. The van der Waals surface area contributed by atoms with E-state index in [0.29, 0.717) is 16.1 Å². The summed E-state index contributed by atoms with van der Waals surface area (Å²) in [5, 5.41) is 0.462. The smallest absolute Gasteiger partial charge is 0.244 e. The summed E-state index contributed by atoms with van der Waals surface area (Å²) in [4.78, 5) is 26.8. The van der Waals surface area contributed by atoms with Gasteiger partial charge in [0.1, 0.15) is 10.6 Å². The molecule has 1 heterocycles. The number of nitrogens with zero attached hydrogens (tertiary/aromatic N) is 1. The van der Waals surface area contributed by atoms with Crippen LogP contribution < -0.4 is 9.46 Å². The van der Waals surface area contributed by atoms with Crippen molar-refractivity contribution in [3.63, 3.8) is 0 Å². The average Bonchev–Trinajstić information content (AvgIpc) is 3.03. The van der Waals surface area contributed by atoms with Crippen molar-refractivity contribution < 1.29 is 22.7 Å². The molecule has 1 aliphatic carbocycles. The van der Waals surface area contributed by atoms with Crippen molar-refractivity contribution in [3.8, 4) is 5.75 Å². The number of likely N-dealkylation sites (tertiary alicyclic amines) is 1. The molecule has 2 fully saturated rings. The van der Waals surface area contributed by atoms with Crippen LogP contribution in [0, 0.1) is 11.8 Å². The minimum atomic E-state index is -3.94. The van der Waals surface area contributed by atoms with Crippen LogP contribution in [0.3, 0.4) is 0 Å². The predicted molar refractivity (Wildman–Crippen MR) is 119 cm³/mol. The Hall–Kier alpha value is -2.42. The fraction of sp³-hybridized carbons (Fsp3) is 0.391. The van der Waals surface area contributed by atoms with Crippen molar-refractivity contribution >= 4 is 33.4 Å². The Balaban J connectivity index is 1.56. The first-order valence-corrected chi connectivity index (χ1v) is 12.4. The molecule has 0 spiro atoms. The van der Waals surface area contributed by atoms with E-state index in [4.69, 9.17) is 16.3 Å². The molecular formula is C23H25ClN2O5S. The lowest BCUT2D eigenvalue weighted by Gasteiger charge is -2.19. The van der Waals surface area contributed by atoms with Crippen LogP contribution in [-0.4, -0.2) is 32.2 Å². The number of hydrogen-bond donors (Lipinski definition) is 1. The molecule has 1 N–H and O–H groups in total. The number of carbonyl (C=O) groups excluding carboxylic acids is 2. The van der Waals surface area contributed by atoms with Crippen molar-refractivity contribution in [3.05, 3.63) is 58.6 Å². The standard InChI is InChI=1S/C23H25ClN2O5S/c1-31-20-11-10-15(14-26-22(27)17-7-3-4-8-18(17)23(26)28)12-21(20)32(29,30)25-13-16-6-2-5-9-19(16)24/h2,5-6,9-12,17-18,25H,3-4,7-8,13-14H2,1H3/t17-,18-/m0/s1. The van der Waals surface area contributed by atoms with E-state index in [-0.39, 0.29) is 47.4 Å². The maximum absolute atomic E-state index is 13.0. The van der Waals surface area contributed by atoms with E-state index in [0.717, 1.165) is 25.7 Å². The first-order valence-electron chi connectivity index (χ1n) is 10.6. The largest absolute Gasteiger partial charge is 0.495 e. The lowest BCUT2D eigenvalue weighted by molar-refractivity contribution is -0.140. The van der Waals surface area contributed by atoms with Crippen molar-refractivity contribution in [2.24, 2.45) is 11.8 Å². The summed E-state index contributed by atoms with van der Waals surface area (Å²) in [6, 6.07) is 11.6. The summed E-state index contributed by atoms with van der Waals surface area (Å²) < 4.78 is 33.9. The Morgan fingerprint density at radius 2 is 1.72 bits per heavy atom. The first kappa shape index (κ1) is 22.8. The van der Waals surface area contributed by atoms with Gasteiger partial charge in [-0.3, -0.25) is 14.5 Å². The molecular weight excluding hydrogens is 452 g/mol. The molecule has 0 radical (unpaired) electrons. The van der Waals surface area contributed by atoms with Crippen LogP contribution in [0.25, 0.3) is 0 Å². The van der Waals surface area contributed by atoms with Gasteiger partial charge in [-0.15, -0.1) is 0 Å². The zero-order chi connectivity index (χ0) is 22.9. The van der Waals surface area contributed by atoms with Crippen LogP contribution in [0.5, 0.6) is 5.75 Å². The number of halogens is 1. The molecule has 2 amide bonds. The summed E-state index contributed by atoms with van der Waals surface area (Å²) in [6.07, 6.45) is 3.38. The third kappa shape index (κ3) is 4.40. The Kier molecular flexibility index (Phi) is 6.55. The zero-order valence-electron chi connectivity index (χ0n) is 17.7. The van der Waals surface area contributed by atoms with Gasteiger partial charge in [0.15, 0.2) is 0 Å². The second-order valence-corrected chi connectivity index (χ2v) is 10.3. The molecule has 1 saturated carbocycles. The fourth-order valence-corrected chi connectivity index (χ4v) is 5.92. The van der Waals surface area contributed by atoms with Crippen LogP contribution in [0.15, 0.2) is 47.4 Å². The number of sulfonamides is 1. The number of ether oxygens (including phenoxy) is 1. The maximum atomic E-state index is 13.0. The highest BCUT2D eigenvalue weighted by Gasteiger charge is 2.47. The summed E-state index contributed by atoms with van der Waals surface area (Å²) in [5.41, 5.74) is 1.19. The van der Waals surface area contributed by atoms with Gasteiger partial charge in [-0.25, -0.2) is 13.1 Å². The number of carbonyl (C=O) groups is 2. The number of methoxy groups -OCH3 is 1. The van der Waals surface area contributed by atoms with E-state index < -0.39 is 10.0 Å². The summed E-state index contributed by atoms with van der Waals surface area (Å²) >= 11 is 6.13. The van der Waals surface area contributed by atoms with E-state index in [1.807, 2.05) is 0 Å². The minimum absolute atomic E-state index is 0.0157. The van der Waals surface area contributed by atoms with E-state index in [1.54, 1.807) is 30.3 Å². The van der Waals surface area contributed by atoms with Crippen LogP contribution in [0.1, 0.15) is 36.8 Å². The Morgan fingerprint density at radius 3 is 2.34 bits per heavy atom. The summed E-state index contributed by atoms with van der Waals surface area (Å²) in [5.74, 6) is -0.619. The average molecular weight is 477 g/mol. The molecule has 9 heteroatoms. The van der Waals surface area contributed by atoms with Crippen LogP contribution in [0.2, 0.25) is 5.02 Å². The van der Waals surface area contributed by atoms with Crippen LogP contribution in [-0.2, 0) is 32.7 Å². The van der Waals surface area contributed by atoms with Gasteiger partial charge in [0, 0.05) is 11.6 Å². The van der Waals surface area contributed by atoms with Crippen LogP contribution in [0.4, 0.5) is 0 Å². The molecule has 1 aliphatic heterocycles. The van der Waals surface area contributed by atoms with Gasteiger partial charge in [-0.05, 0) is 42.2 Å². The lowest BCUT2D eigenvalue weighted by atomic mass is 9.81. The Labute approximate surface area is 192 Å². The molecule has 170 valence electrons.